The lowest BCUT2D eigenvalue weighted by Gasteiger charge is -2.32. The summed E-state index contributed by atoms with van der Waals surface area (Å²) in [6, 6.07) is 12.9. The van der Waals surface area contributed by atoms with E-state index in [1.165, 1.54) is 0 Å². The Kier molecular flexibility index (Phi) is 9.93. The number of nitrogens with two attached hydrogens (primary N) is 1. The van der Waals surface area contributed by atoms with Crippen LogP contribution >= 0.6 is 24.0 Å². The second-order valence-electron chi connectivity index (χ2n) is 11.2. The minimum absolute atomic E-state index is 0. The Bertz CT molecular complexity index is 1670. The lowest BCUT2D eigenvalue weighted by Crippen LogP contribution is -2.44. The largest absolute Gasteiger partial charge is 0.462 e. The van der Waals surface area contributed by atoms with E-state index in [2.05, 4.69) is 9.80 Å². The maximum Gasteiger partial charge on any atom is 0.338 e. The third-order valence-corrected chi connectivity index (χ3v) is 8.65. The van der Waals surface area contributed by atoms with E-state index in [-0.39, 0.29) is 24.0 Å². The van der Waals surface area contributed by atoms with Gasteiger partial charge in [-0.05, 0) is 49.1 Å². The van der Waals surface area contributed by atoms with Crippen molar-refractivity contribution in [2.45, 2.75) is 31.8 Å². The number of anilines is 1. The highest BCUT2D eigenvalue weighted by molar-refractivity contribution is 6.31. The Balaban J connectivity index is 0.00000368. The number of imidazole rings is 1. The predicted molar refractivity (Wildman–Crippen MR) is 172 cm³/mol. The molecule has 2 aliphatic heterocycles. The molecule has 0 radical (unpaired) electrons. The first-order chi connectivity index (χ1) is 20.4. The Labute approximate surface area is 261 Å². The van der Waals surface area contributed by atoms with Crippen molar-refractivity contribution in [2.24, 2.45) is 12.8 Å². The van der Waals surface area contributed by atoms with Crippen LogP contribution in [0.2, 0.25) is 5.02 Å². The summed E-state index contributed by atoms with van der Waals surface area (Å²) in [7, 11) is 1.75. The number of aryl methyl sites for hydroxylation is 1. The number of hydrogen-bond acceptors (Lipinski definition) is 8. The lowest BCUT2D eigenvalue weighted by molar-refractivity contribution is 0.0298. The average molecular weight is 630 g/mol. The second-order valence-corrected chi connectivity index (χ2v) is 11.6. The minimum atomic E-state index is -0.390. The van der Waals surface area contributed by atoms with Gasteiger partial charge in [-0.2, -0.15) is 0 Å². The molecular weight excluding hydrogens is 591 g/mol. The van der Waals surface area contributed by atoms with E-state index in [4.69, 9.17) is 31.8 Å². The third-order valence-electron chi connectivity index (χ3n) is 8.29. The van der Waals surface area contributed by atoms with E-state index in [0.29, 0.717) is 52.8 Å². The van der Waals surface area contributed by atoms with Gasteiger partial charge in [0.15, 0.2) is 0 Å². The molecule has 43 heavy (non-hydrogen) atoms. The number of ether oxygens (including phenoxy) is 2. The first-order valence-corrected chi connectivity index (χ1v) is 15.0. The fraction of sp³-hybridized carbons (Fsp3) is 0.452. The van der Waals surface area contributed by atoms with Gasteiger partial charge in [0.1, 0.15) is 11.0 Å². The number of nitrogens with zero attached hydrogens (tertiary/aromatic N) is 5. The number of carbonyl (C=O) groups excluding carboxylic acids is 1. The molecule has 2 aromatic heterocycles. The second kappa shape index (κ2) is 13.7. The molecule has 0 spiro atoms. The number of rotatable bonds is 8. The van der Waals surface area contributed by atoms with Gasteiger partial charge in [-0.15, -0.1) is 12.4 Å². The summed E-state index contributed by atoms with van der Waals surface area (Å²) in [5, 5.41) is 1.34. The molecule has 2 N–H and O–H groups in total. The molecule has 0 amide bonds. The number of carbonyl (C=O) groups is 1. The van der Waals surface area contributed by atoms with Gasteiger partial charge in [0, 0.05) is 56.2 Å². The molecule has 2 aliphatic rings. The predicted octanol–water partition coefficient (Wildman–Crippen LogP) is 3.82. The number of benzene rings is 2. The fourth-order valence-electron chi connectivity index (χ4n) is 6.00. The Hall–Kier alpha value is -3.15. The van der Waals surface area contributed by atoms with Crippen molar-refractivity contribution in [3.05, 3.63) is 69.0 Å². The Morgan fingerprint density at radius 2 is 1.95 bits per heavy atom. The van der Waals surface area contributed by atoms with Gasteiger partial charge in [0.05, 0.1) is 37.4 Å². The average Bonchev–Trinajstić information content (AvgIpc) is 3.39. The standard InChI is InChI=1S/C31H37ClN6O4.ClH/c1-35-26-10-9-21(30(40)42-15-5-11-36-13-16-41-17-14-36)18-24(26)27-28(29(35)39)38(19-22-6-2-3-8-25(22)32)31(34-27)37-12-4-7-23(33)20-37;/h2-3,6,8-10,18,23H,4-5,7,11-17,19-20,33H2,1H3;1H/t23-;/m1./s1. The number of halogens is 2. The topological polar surface area (TPSA) is 108 Å². The van der Waals surface area contributed by atoms with Crippen molar-refractivity contribution in [3.63, 3.8) is 0 Å². The van der Waals surface area contributed by atoms with Crippen LogP contribution in [0.3, 0.4) is 0 Å². The number of piperidine rings is 1. The molecule has 0 aliphatic carbocycles. The van der Waals surface area contributed by atoms with Gasteiger partial charge in [-0.25, -0.2) is 9.78 Å². The van der Waals surface area contributed by atoms with Gasteiger partial charge in [-0.3, -0.25) is 9.69 Å². The zero-order valence-corrected chi connectivity index (χ0v) is 25.9. The van der Waals surface area contributed by atoms with E-state index in [9.17, 15) is 9.59 Å². The maximum atomic E-state index is 13.8. The summed E-state index contributed by atoms with van der Waals surface area (Å²) >= 11 is 6.56. The Morgan fingerprint density at radius 1 is 1.16 bits per heavy atom. The monoisotopic (exact) mass is 628 g/mol. The third kappa shape index (κ3) is 6.53. The summed E-state index contributed by atoms with van der Waals surface area (Å²) in [5.74, 6) is 0.291. The first-order valence-electron chi connectivity index (χ1n) is 14.6. The van der Waals surface area contributed by atoms with Crippen LogP contribution in [-0.4, -0.2) is 83.6 Å². The van der Waals surface area contributed by atoms with E-state index >= 15 is 0 Å². The molecule has 0 bridgehead atoms. The van der Waals surface area contributed by atoms with Crippen LogP contribution in [0.5, 0.6) is 0 Å². The zero-order chi connectivity index (χ0) is 29.2. The molecule has 4 heterocycles. The summed E-state index contributed by atoms with van der Waals surface area (Å²) in [4.78, 5) is 36.5. The highest BCUT2D eigenvalue weighted by Crippen LogP contribution is 2.31. The van der Waals surface area contributed by atoms with Crippen molar-refractivity contribution < 1.29 is 14.3 Å². The molecule has 230 valence electrons. The van der Waals surface area contributed by atoms with E-state index in [1.54, 1.807) is 29.8 Å². The molecule has 2 aromatic carbocycles. The van der Waals surface area contributed by atoms with Crippen LogP contribution in [0, 0.1) is 0 Å². The van der Waals surface area contributed by atoms with Crippen molar-refractivity contribution in [1.82, 2.24) is 19.0 Å². The van der Waals surface area contributed by atoms with Crippen LogP contribution in [0.15, 0.2) is 47.3 Å². The first kappa shape index (κ1) is 31.3. The van der Waals surface area contributed by atoms with Gasteiger partial charge in [-0.1, -0.05) is 29.8 Å². The quantitative estimate of drug-likeness (QED) is 0.232. The zero-order valence-electron chi connectivity index (χ0n) is 24.3. The summed E-state index contributed by atoms with van der Waals surface area (Å²) in [6.45, 7) is 6.31. The number of morpholine rings is 1. The van der Waals surface area contributed by atoms with Crippen molar-refractivity contribution in [1.29, 1.82) is 0 Å². The van der Waals surface area contributed by atoms with E-state index in [0.717, 1.165) is 69.6 Å². The van der Waals surface area contributed by atoms with Crippen LogP contribution in [0.25, 0.3) is 21.9 Å². The van der Waals surface area contributed by atoms with Crippen LogP contribution in [0.1, 0.15) is 35.2 Å². The van der Waals surface area contributed by atoms with Gasteiger partial charge < -0.3 is 29.2 Å². The highest BCUT2D eigenvalue weighted by atomic mass is 35.5. The molecule has 1 atom stereocenters. The normalized spacial score (nSPS) is 17.7. The number of fused-ring (bicyclic) bond motifs is 3. The van der Waals surface area contributed by atoms with Gasteiger partial charge in [0.2, 0.25) is 5.95 Å². The number of esters is 1. The summed E-state index contributed by atoms with van der Waals surface area (Å²) in [5.41, 5.74) is 9.21. The number of pyridine rings is 1. The Morgan fingerprint density at radius 3 is 2.72 bits per heavy atom. The van der Waals surface area contributed by atoms with E-state index in [1.807, 2.05) is 28.8 Å². The maximum absolute atomic E-state index is 13.8. The van der Waals surface area contributed by atoms with Gasteiger partial charge >= 0.3 is 5.97 Å². The number of aromatic nitrogens is 3. The summed E-state index contributed by atoms with van der Waals surface area (Å²) < 4.78 is 14.6. The molecule has 0 saturated carbocycles. The van der Waals surface area contributed by atoms with E-state index < -0.39 is 5.97 Å². The molecule has 4 aromatic rings. The fourth-order valence-corrected chi connectivity index (χ4v) is 6.20. The van der Waals surface area contributed by atoms with Crippen molar-refractivity contribution in [2.75, 3.05) is 57.4 Å². The van der Waals surface area contributed by atoms with Crippen LogP contribution in [0.4, 0.5) is 5.95 Å². The van der Waals surface area contributed by atoms with Crippen molar-refractivity contribution in [3.8, 4) is 0 Å². The SMILES string of the molecule is Cl.Cn1c(=O)c2c(nc(N3CCC[C@@H](N)C3)n2Cc2ccccc2Cl)c2cc(C(=O)OCCCN3CCOCC3)ccc21. The highest BCUT2D eigenvalue weighted by Gasteiger charge is 2.26. The lowest BCUT2D eigenvalue weighted by atomic mass is 10.1. The summed E-state index contributed by atoms with van der Waals surface area (Å²) in [6.07, 6.45) is 2.65. The van der Waals surface area contributed by atoms with Gasteiger partial charge in [0.25, 0.3) is 5.56 Å². The minimum Gasteiger partial charge on any atom is -0.462 e. The molecule has 6 rings (SSSR count). The van der Waals surface area contributed by atoms with Crippen LogP contribution in [-0.2, 0) is 23.1 Å². The van der Waals surface area contributed by atoms with Crippen molar-refractivity contribution >= 4 is 57.9 Å². The smallest absolute Gasteiger partial charge is 0.338 e. The van der Waals surface area contributed by atoms with Crippen LogP contribution < -0.4 is 16.2 Å². The molecular formula is C31H38Cl2N6O4. The molecule has 0 unspecified atom stereocenters. The molecule has 10 nitrogen and oxygen atoms in total. The molecule has 2 saturated heterocycles. The number of hydrogen-bond donors (Lipinski definition) is 1. The molecule has 2 fully saturated rings. The molecule has 12 heteroatoms.